The Balaban J connectivity index is 1.80. The quantitative estimate of drug-likeness (QED) is 0.651. The van der Waals surface area contributed by atoms with Crippen molar-refractivity contribution in [2.45, 2.75) is 52.5 Å². The highest BCUT2D eigenvalue weighted by Gasteiger charge is 2.22. The first-order valence-corrected chi connectivity index (χ1v) is 10.3. The molecule has 0 fully saturated rings. The van der Waals surface area contributed by atoms with E-state index in [-0.39, 0.29) is 11.3 Å². The van der Waals surface area contributed by atoms with E-state index in [4.69, 9.17) is 4.98 Å². The fraction of sp³-hybridized carbons (Fsp3) is 0.381. The summed E-state index contributed by atoms with van der Waals surface area (Å²) in [4.78, 5) is 31.7. The van der Waals surface area contributed by atoms with Gasteiger partial charge in [0.1, 0.15) is 4.83 Å². The number of fused-ring (bicyclic) bond motifs is 3. The number of aryl methyl sites for hydroxylation is 2. The van der Waals surface area contributed by atoms with Crippen LogP contribution in [-0.4, -0.2) is 15.3 Å². The Bertz CT molecular complexity index is 1060. The average molecular weight is 382 g/mol. The van der Waals surface area contributed by atoms with Gasteiger partial charge in [0.2, 0.25) is 5.95 Å². The lowest BCUT2D eigenvalue weighted by atomic mass is 9.97. The minimum Gasteiger partial charge on any atom is -0.325 e. The predicted molar refractivity (Wildman–Crippen MR) is 111 cm³/mol. The molecular weight excluding hydrogens is 358 g/mol. The summed E-state index contributed by atoms with van der Waals surface area (Å²) in [5, 5.41) is 4.10. The molecule has 1 N–H and O–H groups in total. The Morgan fingerprint density at radius 2 is 1.96 bits per heavy atom. The molecule has 2 aromatic heterocycles. The van der Waals surface area contributed by atoms with E-state index in [1.165, 1.54) is 16.9 Å². The van der Waals surface area contributed by atoms with Crippen molar-refractivity contribution in [2.24, 2.45) is 0 Å². The normalized spacial score (nSPS) is 13.6. The molecule has 0 amide bonds. The molecule has 27 heavy (non-hydrogen) atoms. The molecule has 1 aliphatic rings. The molecule has 0 bridgehead atoms. The highest BCUT2D eigenvalue weighted by molar-refractivity contribution is 7.18. The van der Waals surface area contributed by atoms with Crippen LogP contribution in [0.15, 0.2) is 29.1 Å². The highest BCUT2D eigenvalue weighted by Crippen LogP contribution is 2.34. The summed E-state index contributed by atoms with van der Waals surface area (Å²) in [6.07, 6.45) is 5.24. The molecule has 0 aliphatic heterocycles. The van der Waals surface area contributed by atoms with Crippen molar-refractivity contribution in [3.05, 3.63) is 50.6 Å². The van der Waals surface area contributed by atoms with Crippen LogP contribution in [0.4, 0.5) is 11.6 Å². The van der Waals surface area contributed by atoms with Crippen LogP contribution >= 0.6 is 11.3 Å². The minimum absolute atomic E-state index is 0.0353. The van der Waals surface area contributed by atoms with Crippen LogP contribution in [0.3, 0.4) is 0 Å². The van der Waals surface area contributed by atoms with Gasteiger partial charge in [-0.25, -0.2) is 4.98 Å². The number of ketones is 1. The van der Waals surface area contributed by atoms with Gasteiger partial charge in [0.15, 0.2) is 5.78 Å². The van der Waals surface area contributed by atoms with Crippen LogP contribution in [-0.2, 0) is 19.4 Å². The van der Waals surface area contributed by atoms with E-state index in [0.717, 1.165) is 41.6 Å². The second-order valence-corrected chi connectivity index (χ2v) is 8.13. The molecule has 3 aromatic rings. The maximum absolute atomic E-state index is 13.3. The standard InChI is InChI=1S/C21H23N3O2S/c1-3-12-24-20(26)18-16-6-4-5-7-17(16)27-19(18)23-21(24)22-15-10-8-14(9-11-15)13(2)25/h8-11H,3-7,12H2,1-2H3,(H,22,23). The van der Waals surface area contributed by atoms with Crippen molar-refractivity contribution in [2.75, 3.05) is 5.32 Å². The molecule has 0 radical (unpaired) electrons. The number of hydrogen-bond acceptors (Lipinski definition) is 5. The summed E-state index contributed by atoms with van der Waals surface area (Å²) in [7, 11) is 0. The number of nitrogens with zero attached hydrogens (tertiary/aromatic N) is 2. The number of nitrogens with one attached hydrogen (secondary N) is 1. The van der Waals surface area contributed by atoms with Gasteiger partial charge in [-0.2, -0.15) is 0 Å². The molecule has 0 saturated carbocycles. The lowest BCUT2D eigenvalue weighted by Crippen LogP contribution is -2.24. The van der Waals surface area contributed by atoms with Gasteiger partial charge in [-0.05, 0) is 68.9 Å². The average Bonchev–Trinajstić information content (AvgIpc) is 3.03. The van der Waals surface area contributed by atoms with Crippen LogP contribution < -0.4 is 10.9 Å². The van der Waals surface area contributed by atoms with Crippen LogP contribution in [0.1, 0.15) is 53.9 Å². The largest absolute Gasteiger partial charge is 0.325 e. The molecular formula is C21H23N3O2S. The van der Waals surface area contributed by atoms with Gasteiger partial charge in [-0.1, -0.05) is 6.92 Å². The topological polar surface area (TPSA) is 64.0 Å². The summed E-state index contributed by atoms with van der Waals surface area (Å²) in [6.45, 7) is 4.24. The summed E-state index contributed by atoms with van der Waals surface area (Å²) in [5.41, 5.74) is 2.77. The first kappa shape index (κ1) is 17.9. The number of rotatable bonds is 5. The van der Waals surface area contributed by atoms with Crippen molar-refractivity contribution in [1.29, 1.82) is 0 Å². The van der Waals surface area contributed by atoms with Crippen LogP contribution in [0.2, 0.25) is 0 Å². The number of Topliss-reactive ketones (excluding diaryl/α,β-unsaturated/α-hetero) is 1. The minimum atomic E-state index is 0.0353. The molecule has 0 saturated heterocycles. The summed E-state index contributed by atoms with van der Waals surface area (Å²) >= 11 is 1.66. The zero-order valence-electron chi connectivity index (χ0n) is 15.7. The van der Waals surface area contributed by atoms with Crippen LogP contribution in [0.25, 0.3) is 10.2 Å². The third kappa shape index (κ3) is 3.30. The predicted octanol–water partition coefficient (Wildman–Crippen LogP) is 4.69. The zero-order valence-corrected chi connectivity index (χ0v) is 16.5. The number of thiophene rings is 1. The number of carbonyl (C=O) groups excluding carboxylic acids is 1. The van der Waals surface area contributed by atoms with E-state index in [9.17, 15) is 9.59 Å². The summed E-state index contributed by atoms with van der Waals surface area (Å²) in [5.74, 6) is 0.608. The molecule has 6 heteroatoms. The van der Waals surface area contributed by atoms with Gasteiger partial charge in [0.05, 0.1) is 5.39 Å². The monoisotopic (exact) mass is 381 g/mol. The van der Waals surface area contributed by atoms with E-state index >= 15 is 0 Å². The Labute approximate surface area is 162 Å². The van der Waals surface area contributed by atoms with Crippen molar-refractivity contribution in [3.63, 3.8) is 0 Å². The molecule has 2 heterocycles. The van der Waals surface area contributed by atoms with Crippen molar-refractivity contribution >= 4 is 39.0 Å². The van der Waals surface area contributed by atoms with E-state index in [2.05, 4.69) is 12.2 Å². The first-order chi connectivity index (χ1) is 13.1. The molecule has 0 spiro atoms. The Morgan fingerprint density at radius 3 is 2.67 bits per heavy atom. The molecule has 1 aliphatic carbocycles. The third-order valence-corrected chi connectivity index (χ3v) is 6.26. The number of anilines is 2. The second-order valence-electron chi connectivity index (χ2n) is 7.04. The fourth-order valence-corrected chi connectivity index (χ4v) is 4.93. The van der Waals surface area contributed by atoms with E-state index in [0.29, 0.717) is 18.1 Å². The van der Waals surface area contributed by atoms with Crippen molar-refractivity contribution in [3.8, 4) is 0 Å². The SMILES string of the molecule is CCCn1c(Nc2ccc(C(C)=O)cc2)nc2sc3c(c2c1=O)CCCC3. The van der Waals surface area contributed by atoms with E-state index in [1.807, 2.05) is 12.1 Å². The van der Waals surface area contributed by atoms with Crippen LogP contribution in [0.5, 0.6) is 0 Å². The fourth-order valence-electron chi connectivity index (χ4n) is 3.68. The Morgan fingerprint density at radius 1 is 1.22 bits per heavy atom. The molecule has 4 rings (SSSR count). The number of carbonyl (C=O) groups is 1. The summed E-state index contributed by atoms with van der Waals surface area (Å²) < 4.78 is 1.75. The summed E-state index contributed by atoms with van der Waals surface area (Å²) in [6, 6.07) is 7.27. The number of hydrogen-bond donors (Lipinski definition) is 1. The van der Waals surface area contributed by atoms with Gasteiger partial charge < -0.3 is 5.32 Å². The zero-order chi connectivity index (χ0) is 19.0. The van der Waals surface area contributed by atoms with Crippen LogP contribution in [0, 0.1) is 0 Å². The lowest BCUT2D eigenvalue weighted by molar-refractivity contribution is 0.101. The Hall–Kier alpha value is -2.47. The van der Waals surface area contributed by atoms with Gasteiger partial charge in [0.25, 0.3) is 5.56 Å². The number of benzene rings is 1. The molecule has 0 atom stereocenters. The highest BCUT2D eigenvalue weighted by atomic mass is 32.1. The maximum atomic E-state index is 13.3. The smallest absolute Gasteiger partial charge is 0.263 e. The van der Waals surface area contributed by atoms with E-state index in [1.54, 1.807) is 35.0 Å². The van der Waals surface area contributed by atoms with Gasteiger partial charge in [0, 0.05) is 22.7 Å². The van der Waals surface area contributed by atoms with Gasteiger partial charge in [-0.15, -0.1) is 11.3 Å². The molecule has 5 nitrogen and oxygen atoms in total. The first-order valence-electron chi connectivity index (χ1n) is 9.51. The third-order valence-electron chi connectivity index (χ3n) is 5.07. The van der Waals surface area contributed by atoms with E-state index < -0.39 is 0 Å². The molecule has 140 valence electrons. The van der Waals surface area contributed by atoms with Crippen molar-refractivity contribution in [1.82, 2.24) is 9.55 Å². The lowest BCUT2D eigenvalue weighted by Gasteiger charge is -2.14. The number of aromatic nitrogens is 2. The molecule has 0 unspecified atom stereocenters. The maximum Gasteiger partial charge on any atom is 0.263 e. The van der Waals surface area contributed by atoms with Gasteiger partial charge >= 0.3 is 0 Å². The Kier molecular flexibility index (Phi) is 4.83. The second kappa shape index (κ2) is 7.27. The van der Waals surface area contributed by atoms with Gasteiger partial charge in [-0.3, -0.25) is 14.2 Å². The molecule has 1 aromatic carbocycles. The van der Waals surface area contributed by atoms with Crippen molar-refractivity contribution < 1.29 is 4.79 Å².